The van der Waals surface area contributed by atoms with E-state index in [0.29, 0.717) is 24.6 Å². The molecule has 0 amide bonds. The average molecular weight is 402 g/mol. The molecular formula is C19H23FN6OS. The van der Waals surface area contributed by atoms with Gasteiger partial charge in [0, 0.05) is 31.5 Å². The summed E-state index contributed by atoms with van der Waals surface area (Å²) in [6.45, 7) is 1.48. The van der Waals surface area contributed by atoms with E-state index in [0.717, 1.165) is 35.4 Å². The third-order valence-electron chi connectivity index (χ3n) is 3.85. The molecule has 148 valence electrons. The van der Waals surface area contributed by atoms with Crippen molar-refractivity contribution in [3.8, 4) is 11.6 Å². The molecule has 2 aromatic heterocycles. The van der Waals surface area contributed by atoms with Gasteiger partial charge in [0.1, 0.15) is 11.6 Å². The second-order valence-electron chi connectivity index (χ2n) is 5.91. The summed E-state index contributed by atoms with van der Waals surface area (Å²) in [5.74, 6) is 3.47. The normalized spacial score (nSPS) is 11.6. The van der Waals surface area contributed by atoms with E-state index in [2.05, 4.69) is 30.8 Å². The molecule has 0 bridgehead atoms. The number of furan rings is 1. The zero-order valence-corrected chi connectivity index (χ0v) is 16.4. The third kappa shape index (κ3) is 6.12. The highest BCUT2D eigenvalue weighted by Crippen LogP contribution is 2.18. The van der Waals surface area contributed by atoms with Gasteiger partial charge in [-0.1, -0.05) is 0 Å². The minimum Gasteiger partial charge on any atom is -0.461 e. The van der Waals surface area contributed by atoms with Gasteiger partial charge in [0.15, 0.2) is 11.7 Å². The van der Waals surface area contributed by atoms with Gasteiger partial charge in [-0.25, -0.2) is 9.37 Å². The molecule has 0 atom stereocenters. The highest BCUT2D eigenvalue weighted by Gasteiger charge is 2.08. The van der Waals surface area contributed by atoms with E-state index in [1.165, 1.54) is 12.1 Å². The van der Waals surface area contributed by atoms with Gasteiger partial charge in [-0.15, -0.1) is 11.8 Å². The molecule has 0 spiro atoms. The van der Waals surface area contributed by atoms with Crippen molar-refractivity contribution in [3.05, 3.63) is 54.3 Å². The number of aromatic nitrogens is 3. The molecule has 2 heterocycles. The monoisotopic (exact) mass is 402 g/mol. The van der Waals surface area contributed by atoms with Gasteiger partial charge in [-0.2, -0.15) is 5.10 Å². The van der Waals surface area contributed by atoms with Gasteiger partial charge in [-0.05, 0) is 48.6 Å². The maximum Gasteiger partial charge on any atom is 0.216 e. The SMILES string of the molecule is CN=C(NCCCSc1ccc(F)cc1)NCCc1nc(-c2ccco2)n[nH]1. The third-order valence-corrected chi connectivity index (χ3v) is 4.95. The maximum atomic E-state index is 12.9. The molecule has 3 N–H and O–H groups in total. The Kier molecular flexibility index (Phi) is 7.48. The fourth-order valence-electron chi connectivity index (χ4n) is 2.44. The lowest BCUT2D eigenvalue weighted by atomic mass is 10.4. The van der Waals surface area contributed by atoms with E-state index in [9.17, 15) is 4.39 Å². The summed E-state index contributed by atoms with van der Waals surface area (Å²) in [5, 5.41) is 13.6. The maximum absolute atomic E-state index is 12.9. The number of benzene rings is 1. The zero-order valence-electron chi connectivity index (χ0n) is 15.6. The fraction of sp³-hybridized carbons (Fsp3) is 0.316. The molecule has 0 saturated heterocycles. The summed E-state index contributed by atoms with van der Waals surface area (Å²) in [5.41, 5.74) is 0. The van der Waals surface area contributed by atoms with E-state index in [4.69, 9.17) is 4.42 Å². The van der Waals surface area contributed by atoms with Gasteiger partial charge < -0.3 is 15.1 Å². The Morgan fingerprint density at radius 1 is 1.21 bits per heavy atom. The standard InChI is InChI=1S/C19H23FN6OS/c1-21-19(22-10-3-13-28-15-7-5-14(20)6-8-15)23-11-9-17-24-18(26-25-17)16-4-2-12-27-16/h2,4-8,12H,3,9-11,13H2,1H3,(H2,21,22,23)(H,24,25,26). The molecule has 3 rings (SSSR count). The summed E-state index contributed by atoms with van der Waals surface area (Å²) in [6.07, 6.45) is 3.26. The Labute approximate surface area is 167 Å². The predicted molar refractivity (Wildman–Crippen MR) is 109 cm³/mol. The number of hydrogen-bond donors (Lipinski definition) is 3. The minimum absolute atomic E-state index is 0.205. The number of aliphatic imine (C=N–C) groups is 1. The summed E-state index contributed by atoms with van der Waals surface area (Å²) >= 11 is 1.71. The van der Waals surface area contributed by atoms with E-state index in [1.807, 2.05) is 6.07 Å². The van der Waals surface area contributed by atoms with Crippen LogP contribution in [-0.2, 0) is 6.42 Å². The second kappa shape index (κ2) is 10.5. The van der Waals surface area contributed by atoms with Crippen LogP contribution in [0.4, 0.5) is 4.39 Å². The Morgan fingerprint density at radius 3 is 2.79 bits per heavy atom. The van der Waals surface area contributed by atoms with Crippen LogP contribution in [-0.4, -0.2) is 47.0 Å². The lowest BCUT2D eigenvalue weighted by Crippen LogP contribution is -2.38. The van der Waals surface area contributed by atoms with Crippen LogP contribution in [0.5, 0.6) is 0 Å². The van der Waals surface area contributed by atoms with Crippen LogP contribution >= 0.6 is 11.8 Å². The Morgan fingerprint density at radius 2 is 2.04 bits per heavy atom. The molecule has 0 aliphatic heterocycles. The van der Waals surface area contributed by atoms with E-state index in [1.54, 1.807) is 43.3 Å². The number of halogens is 1. The van der Waals surface area contributed by atoms with Crippen molar-refractivity contribution in [2.24, 2.45) is 4.99 Å². The Balaban J connectivity index is 1.31. The average Bonchev–Trinajstić information content (AvgIpc) is 3.39. The van der Waals surface area contributed by atoms with Gasteiger partial charge in [0.05, 0.1) is 6.26 Å². The van der Waals surface area contributed by atoms with Crippen LogP contribution < -0.4 is 10.6 Å². The van der Waals surface area contributed by atoms with Gasteiger partial charge in [0.2, 0.25) is 5.82 Å². The van der Waals surface area contributed by atoms with Gasteiger partial charge in [0.25, 0.3) is 0 Å². The number of aromatic amines is 1. The second-order valence-corrected chi connectivity index (χ2v) is 7.08. The van der Waals surface area contributed by atoms with Crippen LogP contribution in [0.3, 0.4) is 0 Å². The lowest BCUT2D eigenvalue weighted by molar-refractivity contribution is 0.577. The highest BCUT2D eigenvalue weighted by atomic mass is 32.2. The van der Waals surface area contributed by atoms with E-state index in [-0.39, 0.29) is 5.82 Å². The van der Waals surface area contributed by atoms with Crippen molar-refractivity contribution in [2.75, 3.05) is 25.9 Å². The fourth-order valence-corrected chi connectivity index (χ4v) is 3.30. The molecule has 0 unspecified atom stereocenters. The molecule has 9 heteroatoms. The van der Waals surface area contributed by atoms with Crippen LogP contribution in [0.25, 0.3) is 11.6 Å². The first kappa shape index (κ1) is 19.9. The number of hydrogen-bond acceptors (Lipinski definition) is 5. The molecule has 28 heavy (non-hydrogen) atoms. The quantitative estimate of drug-likeness (QED) is 0.221. The predicted octanol–water partition coefficient (Wildman–Crippen LogP) is 3.09. The Hall–Kier alpha value is -2.81. The summed E-state index contributed by atoms with van der Waals surface area (Å²) < 4.78 is 18.2. The zero-order chi connectivity index (χ0) is 19.6. The molecule has 0 radical (unpaired) electrons. The summed E-state index contributed by atoms with van der Waals surface area (Å²) in [4.78, 5) is 9.70. The van der Waals surface area contributed by atoms with Crippen LogP contribution in [0.2, 0.25) is 0 Å². The van der Waals surface area contributed by atoms with Gasteiger partial charge in [-0.3, -0.25) is 10.1 Å². The molecule has 0 saturated carbocycles. The molecule has 0 aliphatic rings. The highest BCUT2D eigenvalue weighted by molar-refractivity contribution is 7.99. The topological polar surface area (TPSA) is 91.1 Å². The summed E-state index contributed by atoms with van der Waals surface area (Å²) in [7, 11) is 1.74. The number of H-pyrrole nitrogens is 1. The van der Waals surface area contributed by atoms with Crippen LogP contribution in [0.1, 0.15) is 12.2 Å². The molecule has 0 aliphatic carbocycles. The van der Waals surface area contributed by atoms with Crippen molar-refractivity contribution < 1.29 is 8.81 Å². The number of guanidine groups is 1. The van der Waals surface area contributed by atoms with Crippen molar-refractivity contribution >= 4 is 17.7 Å². The molecule has 0 fully saturated rings. The van der Waals surface area contributed by atoms with Crippen molar-refractivity contribution in [1.82, 2.24) is 25.8 Å². The van der Waals surface area contributed by atoms with Crippen molar-refractivity contribution in [3.63, 3.8) is 0 Å². The van der Waals surface area contributed by atoms with Crippen LogP contribution in [0, 0.1) is 5.82 Å². The van der Waals surface area contributed by atoms with Crippen LogP contribution in [0.15, 0.2) is 57.0 Å². The molecule has 7 nitrogen and oxygen atoms in total. The smallest absolute Gasteiger partial charge is 0.216 e. The van der Waals surface area contributed by atoms with Crippen molar-refractivity contribution in [1.29, 1.82) is 0 Å². The first-order chi connectivity index (χ1) is 13.7. The number of thioether (sulfide) groups is 1. The number of nitrogens with one attached hydrogen (secondary N) is 3. The van der Waals surface area contributed by atoms with E-state index >= 15 is 0 Å². The number of nitrogens with zero attached hydrogens (tertiary/aromatic N) is 3. The largest absolute Gasteiger partial charge is 0.461 e. The molecule has 3 aromatic rings. The van der Waals surface area contributed by atoms with Gasteiger partial charge >= 0.3 is 0 Å². The van der Waals surface area contributed by atoms with Crippen molar-refractivity contribution in [2.45, 2.75) is 17.7 Å². The Bertz CT molecular complexity index is 863. The first-order valence-electron chi connectivity index (χ1n) is 9.02. The first-order valence-corrected chi connectivity index (χ1v) is 10.0. The molecule has 1 aromatic carbocycles. The lowest BCUT2D eigenvalue weighted by Gasteiger charge is -2.11. The van der Waals surface area contributed by atoms with E-state index < -0.39 is 0 Å². The summed E-state index contributed by atoms with van der Waals surface area (Å²) in [6, 6.07) is 10.2. The minimum atomic E-state index is -0.205. The molecular weight excluding hydrogens is 379 g/mol. The number of rotatable bonds is 9.